The molecule has 3 nitrogen and oxygen atoms in total. The fourth-order valence-corrected chi connectivity index (χ4v) is 1.60. The van der Waals surface area contributed by atoms with Crippen LogP contribution < -0.4 is 0 Å². The minimum absolute atomic E-state index is 0.0311. The molecule has 1 fully saturated rings. The Morgan fingerprint density at radius 3 is 2.53 bits per heavy atom. The molecule has 1 saturated heterocycles. The van der Waals surface area contributed by atoms with Crippen LogP contribution in [-0.4, -0.2) is 41.3 Å². The van der Waals surface area contributed by atoms with E-state index in [9.17, 15) is 18.0 Å². The first-order chi connectivity index (χ1) is 6.88. The first kappa shape index (κ1) is 12.3. The van der Waals surface area contributed by atoms with E-state index in [-0.39, 0.29) is 25.3 Å². The van der Waals surface area contributed by atoms with Crippen molar-refractivity contribution in [2.75, 3.05) is 13.1 Å². The first-order valence-corrected chi connectivity index (χ1v) is 4.91. The number of aliphatic hydroxyl groups excluding tert-OH is 1. The highest BCUT2D eigenvalue weighted by molar-refractivity contribution is 5.78. The van der Waals surface area contributed by atoms with Crippen LogP contribution >= 0.6 is 0 Å². The summed E-state index contributed by atoms with van der Waals surface area (Å²) in [7, 11) is 0. The molecular weight excluding hydrogens is 211 g/mol. The molecule has 1 heterocycles. The number of alkyl halides is 3. The maximum Gasteiger partial charge on any atom is 0.389 e. The molecule has 1 aliphatic rings. The lowest BCUT2D eigenvalue weighted by Crippen LogP contribution is -2.27. The monoisotopic (exact) mass is 225 g/mol. The van der Waals surface area contributed by atoms with E-state index in [1.54, 1.807) is 0 Å². The molecule has 0 bridgehead atoms. The molecule has 0 radical (unpaired) electrons. The fraction of sp³-hybridized carbons (Fsp3) is 0.889. The summed E-state index contributed by atoms with van der Waals surface area (Å²) >= 11 is 0. The highest BCUT2D eigenvalue weighted by atomic mass is 19.4. The zero-order chi connectivity index (χ0) is 11.5. The standard InChI is InChI=1S/C9H14F3NO2/c10-9(11,12)3-1-2-4-13-6-7(14)5-8(13)15/h7,14H,1-6H2. The number of rotatable bonds is 4. The van der Waals surface area contributed by atoms with E-state index in [1.807, 2.05) is 0 Å². The van der Waals surface area contributed by atoms with Crippen molar-refractivity contribution in [1.29, 1.82) is 0 Å². The smallest absolute Gasteiger partial charge is 0.389 e. The zero-order valence-corrected chi connectivity index (χ0v) is 8.26. The second kappa shape index (κ2) is 4.83. The lowest BCUT2D eigenvalue weighted by Gasteiger charge is -2.15. The normalized spacial score (nSPS) is 22.5. The lowest BCUT2D eigenvalue weighted by atomic mass is 10.2. The Balaban J connectivity index is 2.13. The second-order valence-corrected chi connectivity index (χ2v) is 3.77. The number of halogens is 3. The van der Waals surface area contributed by atoms with Crippen molar-refractivity contribution in [2.24, 2.45) is 0 Å². The molecule has 0 aliphatic carbocycles. The predicted molar refractivity (Wildman–Crippen MR) is 47.1 cm³/mol. The summed E-state index contributed by atoms with van der Waals surface area (Å²) in [6.45, 7) is 0.566. The van der Waals surface area contributed by atoms with Crippen molar-refractivity contribution in [3.63, 3.8) is 0 Å². The number of carbonyl (C=O) groups excluding carboxylic acids is 1. The van der Waals surface area contributed by atoms with Gasteiger partial charge in [0.05, 0.1) is 12.5 Å². The van der Waals surface area contributed by atoms with Gasteiger partial charge in [0.2, 0.25) is 5.91 Å². The molecule has 1 rings (SSSR count). The van der Waals surface area contributed by atoms with Gasteiger partial charge in [0.1, 0.15) is 0 Å². The summed E-state index contributed by atoms with van der Waals surface area (Å²) in [4.78, 5) is 12.5. The average molecular weight is 225 g/mol. The maximum absolute atomic E-state index is 11.8. The van der Waals surface area contributed by atoms with Crippen LogP contribution in [0.25, 0.3) is 0 Å². The third-order valence-electron chi connectivity index (χ3n) is 2.33. The fourth-order valence-electron chi connectivity index (χ4n) is 1.60. The molecule has 6 heteroatoms. The van der Waals surface area contributed by atoms with Crippen LogP contribution in [-0.2, 0) is 4.79 Å². The van der Waals surface area contributed by atoms with E-state index in [1.165, 1.54) is 4.90 Å². The number of likely N-dealkylation sites (tertiary alicyclic amines) is 1. The molecule has 0 aromatic heterocycles. The SMILES string of the molecule is O=C1CC(O)CN1CCCCC(F)(F)F. The summed E-state index contributed by atoms with van der Waals surface area (Å²) in [6.07, 6.45) is -5.12. The number of hydrogen-bond donors (Lipinski definition) is 1. The number of unbranched alkanes of at least 4 members (excludes halogenated alkanes) is 1. The maximum atomic E-state index is 11.8. The van der Waals surface area contributed by atoms with E-state index in [2.05, 4.69) is 0 Å². The largest absolute Gasteiger partial charge is 0.391 e. The molecule has 1 aliphatic heterocycles. The van der Waals surface area contributed by atoms with Gasteiger partial charge in [0.25, 0.3) is 0 Å². The van der Waals surface area contributed by atoms with Crippen molar-refractivity contribution >= 4 is 5.91 Å². The van der Waals surface area contributed by atoms with Crippen molar-refractivity contribution in [3.05, 3.63) is 0 Å². The molecular formula is C9H14F3NO2. The Morgan fingerprint density at radius 2 is 2.07 bits per heavy atom. The van der Waals surface area contributed by atoms with Crippen LogP contribution in [0, 0.1) is 0 Å². The van der Waals surface area contributed by atoms with E-state index >= 15 is 0 Å². The van der Waals surface area contributed by atoms with Crippen molar-refractivity contribution in [2.45, 2.75) is 38.0 Å². The van der Waals surface area contributed by atoms with Gasteiger partial charge in [-0.3, -0.25) is 4.79 Å². The summed E-state index contributed by atoms with van der Waals surface area (Å²) in [5, 5.41) is 9.11. The Morgan fingerprint density at radius 1 is 1.40 bits per heavy atom. The summed E-state index contributed by atoms with van der Waals surface area (Å²) in [5.74, 6) is -0.172. The van der Waals surface area contributed by atoms with Crippen molar-refractivity contribution in [3.8, 4) is 0 Å². The molecule has 88 valence electrons. The Hall–Kier alpha value is -0.780. The number of aliphatic hydroxyl groups is 1. The van der Waals surface area contributed by atoms with Gasteiger partial charge >= 0.3 is 6.18 Å². The molecule has 0 aromatic carbocycles. The van der Waals surface area contributed by atoms with Gasteiger partial charge in [-0.1, -0.05) is 0 Å². The Labute approximate surface area is 85.9 Å². The van der Waals surface area contributed by atoms with E-state index in [0.717, 1.165) is 0 Å². The quantitative estimate of drug-likeness (QED) is 0.733. The summed E-state index contributed by atoms with van der Waals surface area (Å²) < 4.78 is 35.3. The van der Waals surface area contributed by atoms with Crippen LogP contribution in [0.2, 0.25) is 0 Å². The summed E-state index contributed by atoms with van der Waals surface area (Å²) in [5.41, 5.74) is 0. The third kappa shape index (κ3) is 4.51. The number of β-amino-alcohol motifs (C(OH)–C–C–N with tert-alkyl or cyclic N) is 1. The molecule has 0 aromatic rings. The number of nitrogens with zero attached hydrogens (tertiary/aromatic N) is 1. The van der Waals surface area contributed by atoms with Crippen molar-refractivity contribution in [1.82, 2.24) is 4.90 Å². The summed E-state index contributed by atoms with van der Waals surface area (Å²) in [6, 6.07) is 0. The van der Waals surface area contributed by atoms with Crippen LogP contribution in [0.5, 0.6) is 0 Å². The number of amides is 1. The van der Waals surface area contributed by atoms with Gasteiger partial charge in [-0.05, 0) is 12.8 Å². The molecule has 0 saturated carbocycles. The van der Waals surface area contributed by atoms with Gasteiger partial charge in [-0.2, -0.15) is 13.2 Å². The minimum Gasteiger partial charge on any atom is -0.391 e. The Kier molecular flexibility index (Phi) is 3.96. The van der Waals surface area contributed by atoms with Crippen LogP contribution in [0.4, 0.5) is 13.2 Å². The zero-order valence-electron chi connectivity index (χ0n) is 8.26. The van der Waals surface area contributed by atoms with Gasteiger partial charge < -0.3 is 10.0 Å². The Bertz CT molecular complexity index is 230. The highest BCUT2D eigenvalue weighted by Gasteiger charge is 2.29. The van der Waals surface area contributed by atoms with Gasteiger partial charge in [0.15, 0.2) is 0 Å². The first-order valence-electron chi connectivity index (χ1n) is 4.91. The third-order valence-corrected chi connectivity index (χ3v) is 2.33. The molecule has 1 unspecified atom stereocenters. The number of carbonyl (C=O) groups is 1. The average Bonchev–Trinajstić information content (AvgIpc) is 2.37. The van der Waals surface area contributed by atoms with Crippen molar-refractivity contribution < 1.29 is 23.1 Å². The lowest BCUT2D eigenvalue weighted by molar-refractivity contribution is -0.136. The van der Waals surface area contributed by atoms with Gasteiger partial charge in [-0.25, -0.2) is 0 Å². The van der Waals surface area contributed by atoms with Gasteiger partial charge in [-0.15, -0.1) is 0 Å². The van der Waals surface area contributed by atoms with E-state index in [4.69, 9.17) is 5.11 Å². The van der Waals surface area contributed by atoms with E-state index < -0.39 is 18.7 Å². The van der Waals surface area contributed by atoms with E-state index in [0.29, 0.717) is 13.0 Å². The highest BCUT2D eigenvalue weighted by Crippen LogP contribution is 2.22. The van der Waals surface area contributed by atoms with Crippen LogP contribution in [0.1, 0.15) is 25.7 Å². The molecule has 15 heavy (non-hydrogen) atoms. The topological polar surface area (TPSA) is 40.5 Å². The minimum atomic E-state index is -4.12. The second-order valence-electron chi connectivity index (χ2n) is 3.77. The molecule has 1 N–H and O–H groups in total. The van der Waals surface area contributed by atoms with Crippen LogP contribution in [0.3, 0.4) is 0 Å². The number of hydrogen-bond acceptors (Lipinski definition) is 2. The predicted octanol–water partition coefficient (Wildman–Crippen LogP) is 1.31. The molecule has 1 amide bonds. The van der Waals surface area contributed by atoms with Crippen LogP contribution in [0.15, 0.2) is 0 Å². The molecule has 1 atom stereocenters. The molecule has 0 spiro atoms. The van der Waals surface area contributed by atoms with Gasteiger partial charge in [0, 0.05) is 19.5 Å².